The van der Waals surface area contributed by atoms with Gasteiger partial charge in [-0.1, -0.05) is 12.8 Å². The van der Waals surface area contributed by atoms with Crippen LogP contribution < -0.4 is 22.9 Å². The summed E-state index contributed by atoms with van der Waals surface area (Å²) in [5.41, 5.74) is 18.2. The third-order valence-corrected chi connectivity index (χ3v) is 3.75. The van der Waals surface area contributed by atoms with E-state index in [-0.39, 0.29) is 46.4 Å². The monoisotopic (exact) mass is 589 g/mol. The Labute approximate surface area is 176 Å². The van der Waals surface area contributed by atoms with Crippen LogP contribution in [0.2, 0.25) is 0 Å². The molecule has 168 valence electrons. The maximum absolute atomic E-state index is 10.7. The Hall–Kier alpha value is -1.59. The second kappa shape index (κ2) is 16.4. The second-order valence-corrected chi connectivity index (χ2v) is 6.04. The van der Waals surface area contributed by atoms with Crippen LogP contribution in [0, 0.1) is 5.41 Å². The zero-order valence-electron chi connectivity index (χ0n) is 15.4. The molecule has 1 saturated carbocycles. The fraction of sp³-hybridized carbons (Fsp3) is 0.733. The second-order valence-electron chi connectivity index (χ2n) is 6.04. The minimum Gasteiger partial charge on any atom is -0.480 e. The molecule has 0 saturated heterocycles. The summed E-state index contributed by atoms with van der Waals surface area (Å²) < 4.78 is 0. The van der Waals surface area contributed by atoms with E-state index in [0.29, 0.717) is 0 Å². The maximum Gasteiger partial charge on any atom is 0.322 e. The van der Waals surface area contributed by atoms with E-state index in [9.17, 15) is 19.2 Å². The van der Waals surface area contributed by atoms with Gasteiger partial charge in [-0.15, -0.1) is 0 Å². The predicted octanol–water partition coefficient (Wildman–Crippen LogP) is -2.92. The summed E-state index contributed by atoms with van der Waals surface area (Å²) in [5, 5.41) is 32.6. The number of primary amides is 2. The van der Waals surface area contributed by atoms with Gasteiger partial charge in [0.1, 0.15) is 0 Å². The molecule has 0 radical (unpaired) electrons. The molecule has 0 bridgehead atoms. The van der Waals surface area contributed by atoms with Crippen LogP contribution >= 0.6 is 0 Å². The number of carboxylic acids is 2. The van der Waals surface area contributed by atoms with Crippen molar-refractivity contribution in [1.29, 1.82) is 0 Å². The average molecular weight is 590 g/mol. The number of nitrogens with two attached hydrogens (primary N) is 4. The van der Waals surface area contributed by atoms with Gasteiger partial charge in [0.2, 0.25) is 11.8 Å². The first-order valence-corrected chi connectivity index (χ1v) is 8.20. The molecule has 0 aromatic carbocycles. The number of amides is 2. The Morgan fingerprint density at radius 2 is 1.07 bits per heavy atom. The number of carboxylic acid groups (broad SMARTS) is 2. The van der Waals surface area contributed by atoms with Crippen LogP contribution in [0.15, 0.2) is 0 Å². The zero-order valence-corrected chi connectivity index (χ0v) is 17.6. The van der Waals surface area contributed by atoms with Crippen molar-refractivity contribution in [3.63, 3.8) is 0 Å². The summed E-state index contributed by atoms with van der Waals surface area (Å²) in [6, 6.07) is 0.562. The fourth-order valence-corrected chi connectivity index (χ4v) is 2.24. The van der Waals surface area contributed by atoms with E-state index in [2.05, 4.69) is 0 Å². The number of hydrogen-bond donors (Lipinski definition) is 8. The molecule has 0 aromatic heterocycles. The molecule has 1 aliphatic carbocycles. The van der Waals surface area contributed by atoms with Gasteiger partial charge in [0.05, 0.1) is 26.1 Å². The molecule has 2 atom stereocenters. The van der Waals surface area contributed by atoms with E-state index < -0.39 is 42.0 Å². The molecule has 2 amide bonds. The smallest absolute Gasteiger partial charge is 0.322 e. The van der Waals surface area contributed by atoms with Crippen molar-refractivity contribution in [1.82, 2.24) is 0 Å². The molecule has 12 N–H and O–H groups in total. The summed E-state index contributed by atoms with van der Waals surface area (Å²) in [5.74, 6) is -5.93. The van der Waals surface area contributed by atoms with Gasteiger partial charge in [-0.25, -0.2) is 0 Å². The third kappa shape index (κ3) is 12.7. The van der Waals surface area contributed by atoms with Gasteiger partial charge in [-0.3, -0.25) is 19.2 Å². The first-order chi connectivity index (χ1) is 12.4. The van der Waals surface area contributed by atoms with E-state index in [1.807, 2.05) is 0 Å². The van der Waals surface area contributed by atoms with Gasteiger partial charge in [-0.05, 0) is 12.8 Å². The van der Waals surface area contributed by atoms with Crippen molar-refractivity contribution in [3.05, 3.63) is 0 Å². The summed E-state index contributed by atoms with van der Waals surface area (Å²) >= 11 is 0. The SMILES string of the molecule is NC(=O)CC(CC(N)=O)(C(=O)O)C(=O)O.N[C@@H]1CCCC[C@H]1N.OCCO.[Pt]. The summed E-state index contributed by atoms with van der Waals surface area (Å²) in [7, 11) is 0. The normalized spacial score (nSPS) is 18.1. The number of carbonyl (C=O) groups excluding carboxylic acids is 2. The van der Waals surface area contributed by atoms with Gasteiger partial charge in [0.25, 0.3) is 0 Å². The Morgan fingerprint density at radius 1 is 0.786 bits per heavy atom. The number of hydrogen-bond acceptors (Lipinski definition) is 8. The van der Waals surface area contributed by atoms with Crippen LogP contribution in [0.5, 0.6) is 0 Å². The standard InChI is InChI=1S/C7H10N2O6.C6H14N2.C2H6O2.Pt/c8-3(10)1-7(5(12)13,6(14)15)2-4(9)11;7-5-3-1-2-4-6(5)8;3-1-2-4;/h1-2H2,(H2,8,10)(H2,9,11)(H,12,13)(H,14,15);5-6H,1-4,7-8H2;3-4H,1-2H2;/t;5-,6-;;/m.1../s1. The van der Waals surface area contributed by atoms with Gasteiger partial charge in [0, 0.05) is 33.1 Å². The molecule has 1 aliphatic rings. The molecule has 0 aromatic rings. The molecule has 0 aliphatic heterocycles. The Bertz CT molecular complexity index is 462. The van der Waals surface area contributed by atoms with Crippen LogP contribution in [0.25, 0.3) is 0 Å². The van der Waals surface area contributed by atoms with E-state index in [4.69, 9.17) is 43.4 Å². The first kappa shape index (κ1) is 31.1. The Morgan fingerprint density at radius 3 is 1.21 bits per heavy atom. The molecule has 13 heteroatoms. The molecule has 28 heavy (non-hydrogen) atoms. The van der Waals surface area contributed by atoms with Crippen molar-refractivity contribution in [2.45, 2.75) is 50.6 Å². The van der Waals surface area contributed by atoms with E-state index >= 15 is 0 Å². The van der Waals surface area contributed by atoms with Crippen LogP contribution in [-0.2, 0) is 40.2 Å². The third-order valence-electron chi connectivity index (χ3n) is 3.75. The first-order valence-electron chi connectivity index (χ1n) is 8.20. The number of rotatable bonds is 7. The van der Waals surface area contributed by atoms with Crippen LogP contribution in [0.1, 0.15) is 38.5 Å². The molecule has 0 spiro atoms. The minimum atomic E-state index is -2.57. The number of aliphatic hydroxyl groups excluding tert-OH is 2. The predicted molar refractivity (Wildman–Crippen MR) is 93.9 cm³/mol. The van der Waals surface area contributed by atoms with Crippen LogP contribution in [0.4, 0.5) is 0 Å². The Balaban J connectivity index is -0.000000400. The molecular formula is C15H30N4O8Pt. The summed E-state index contributed by atoms with van der Waals surface area (Å²) in [6.45, 7) is -0.250. The molecule has 1 rings (SSSR count). The van der Waals surface area contributed by atoms with E-state index in [1.165, 1.54) is 12.8 Å². The van der Waals surface area contributed by atoms with Crippen molar-refractivity contribution < 1.29 is 60.7 Å². The molecular weight excluding hydrogens is 559 g/mol. The Kier molecular flexibility index (Phi) is 18.2. The molecule has 1 fully saturated rings. The zero-order chi connectivity index (χ0) is 21.6. The van der Waals surface area contributed by atoms with Crippen molar-refractivity contribution in [3.8, 4) is 0 Å². The quantitative estimate of drug-likeness (QED) is 0.140. The fourth-order valence-electron chi connectivity index (χ4n) is 2.24. The summed E-state index contributed by atoms with van der Waals surface area (Å²) in [6.07, 6.45) is 2.83. The molecule has 0 unspecified atom stereocenters. The number of aliphatic carboxylic acids is 2. The van der Waals surface area contributed by atoms with Crippen LogP contribution in [-0.4, -0.2) is 69.5 Å². The number of aliphatic hydroxyl groups is 2. The molecule has 12 nitrogen and oxygen atoms in total. The van der Waals surface area contributed by atoms with E-state index in [0.717, 1.165) is 12.8 Å². The van der Waals surface area contributed by atoms with E-state index in [1.54, 1.807) is 0 Å². The van der Waals surface area contributed by atoms with Gasteiger partial charge in [-0.2, -0.15) is 0 Å². The molecule has 0 heterocycles. The number of carbonyl (C=O) groups is 4. The van der Waals surface area contributed by atoms with Crippen molar-refractivity contribution >= 4 is 23.8 Å². The summed E-state index contributed by atoms with van der Waals surface area (Å²) in [4.78, 5) is 42.6. The van der Waals surface area contributed by atoms with Crippen molar-refractivity contribution in [2.24, 2.45) is 28.3 Å². The average Bonchev–Trinajstić information content (AvgIpc) is 2.56. The van der Waals surface area contributed by atoms with Crippen LogP contribution in [0.3, 0.4) is 0 Å². The van der Waals surface area contributed by atoms with Gasteiger partial charge in [0.15, 0.2) is 5.41 Å². The maximum atomic E-state index is 10.7. The van der Waals surface area contributed by atoms with Gasteiger partial charge < -0.3 is 43.4 Å². The van der Waals surface area contributed by atoms with Crippen molar-refractivity contribution in [2.75, 3.05) is 13.2 Å². The van der Waals surface area contributed by atoms with Gasteiger partial charge >= 0.3 is 11.9 Å². The topological polar surface area (TPSA) is 253 Å². The largest absolute Gasteiger partial charge is 0.480 e. The minimum absolute atomic E-state index is 0.